The number of halogens is 1. The average Bonchev–Trinajstić information content (AvgIpc) is 3.19. The number of nitrogens with zero attached hydrogens (tertiary/aromatic N) is 2. The second-order valence-electron chi connectivity index (χ2n) is 5.69. The molecule has 0 aliphatic carbocycles. The lowest BCUT2D eigenvalue weighted by atomic mass is 10.1. The molecule has 142 valence electrons. The minimum atomic E-state index is -0.473. The second kappa shape index (κ2) is 7.63. The smallest absolute Gasteiger partial charge is 0.433 e. The van der Waals surface area contributed by atoms with Crippen LogP contribution in [-0.4, -0.2) is 21.0 Å². The van der Waals surface area contributed by atoms with Gasteiger partial charge in [0.2, 0.25) is 5.69 Å². The number of fused-ring (bicyclic) bond motifs is 1. The van der Waals surface area contributed by atoms with Crippen LogP contribution in [0.1, 0.15) is 10.4 Å². The van der Waals surface area contributed by atoms with E-state index in [4.69, 9.17) is 0 Å². The molecule has 2 aromatic carbocycles. The topological polar surface area (TPSA) is 105 Å². The van der Waals surface area contributed by atoms with Gasteiger partial charge in [0.15, 0.2) is 11.5 Å². The SMILES string of the molecule is O=C1/C(=C\c2ccc([N+](=O)[O-])cc2)Sc2scc(-c3ccc(O)c(O)c3)[n+]21.[Cl-]. The average molecular weight is 435 g/mol. The van der Waals surface area contributed by atoms with Crippen LogP contribution in [0, 0.1) is 10.1 Å². The molecule has 28 heavy (non-hydrogen) atoms. The first kappa shape index (κ1) is 19.9. The van der Waals surface area contributed by atoms with Gasteiger partial charge in [0.05, 0.1) is 15.9 Å². The Bertz CT molecular complexity index is 1130. The van der Waals surface area contributed by atoms with Gasteiger partial charge in [-0.3, -0.25) is 10.1 Å². The molecule has 4 rings (SSSR count). The number of nitro groups is 1. The van der Waals surface area contributed by atoms with Gasteiger partial charge in [-0.1, -0.05) is 11.3 Å². The van der Waals surface area contributed by atoms with Crippen molar-refractivity contribution in [3.8, 4) is 22.8 Å². The highest BCUT2D eigenvalue weighted by atomic mass is 35.5. The van der Waals surface area contributed by atoms with Crippen LogP contribution >= 0.6 is 23.1 Å². The number of non-ortho nitro benzene ring substituents is 1. The molecule has 10 heteroatoms. The third kappa shape index (κ3) is 3.47. The van der Waals surface area contributed by atoms with Crippen LogP contribution < -0.4 is 17.0 Å². The molecule has 0 atom stereocenters. The van der Waals surface area contributed by atoms with Gasteiger partial charge in [-0.25, -0.2) is 4.79 Å². The highest BCUT2D eigenvalue weighted by Gasteiger charge is 2.40. The van der Waals surface area contributed by atoms with Gasteiger partial charge in [-0.05, 0) is 42.0 Å². The zero-order valence-electron chi connectivity index (χ0n) is 13.9. The Morgan fingerprint density at radius 3 is 2.43 bits per heavy atom. The monoisotopic (exact) mass is 434 g/mol. The molecule has 1 aliphatic heterocycles. The fraction of sp³-hybridized carbons (Fsp3) is 0. The molecule has 0 saturated heterocycles. The summed E-state index contributed by atoms with van der Waals surface area (Å²) in [5.41, 5.74) is 1.91. The Kier molecular flexibility index (Phi) is 5.41. The van der Waals surface area contributed by atoms with Gasteiger partial charge in [-0.2, -0.15) is 0 Å². The van der Waals surface area contributed by atoms with E-state index in [1.165, 1.54) is 47.4 Å². The molecule has 0 saturated carbocycles. The molecule has 0 fully saturated rings. The molecular formula is C18H11ClN2O5S2. The predicted octanol–water partition coefficient (Wildman–Crippen LogP) is 0.813. The predicted molar refractivity (Wildman–Crippen MR) is 101 cm³/mol. The van der Waals surface area contributed by atoms with E-state index in [1.54, 1.807) is 28.8 Å². The number of benzene rings is 2. The van der Waals surface area contributed by atoms with Gasteiger partial charge in [0.1, 0.15) is 4.91 Å². The summed E-state index contributed by atoms with van der Waals surface area (Å²) in [7, 11) is 0. The summed E-state index contributed by atoms with van der Waals surface area (Å²) in [6.45, 7) is 0. The summed E-state index contributed by atoms with van der Waals surface area (Å²) in [5, 5.41) is 31.7. The first-order valence-electron chi connectivity index (χ1n) is 7.68. The van der Waals surface area contributed by atoms with Crippen molar-refractivity contribution >= 4 is 40.8 Å². The molecule has 7 nitrogen and oxygen atoms in total. The molecule has 0 bridgehead atoms. The lowest BCUT2D eigenvalue weighted by molar-refractivity contribution is -0.588. The van der Waals surface area contributed by atoms with Crippen LogP contribution in [0.4, 0.5) is 5.69 Å². The first-order chi connectivity index (χ1) is 12.9. The van der Waals surface area contributed by atoms with Crippen LogP contribution in [0.5, 0.6) is 11.5 Å². The van der Waals surface area contributed by atoms with E-state index >= 15 is 0 Å². The Morgan fingerprint density at radius 2 is 1.79 bits per heavy atom. The number of allylic oxidation sites excluding steroid dienone is 1. The quantitative estimate of drug-likeness (QED) is 0.208. The molecule has 3 aromatic rings. The van der Waals surface area contributed by atoms with E-state index in [2.05, 4.69) is 0 Å². The van der Waals surface area contributed by atoms with Crippen molar-refractivity contribution in [1.29, 1.82) is 0 Å². The largest absolute Gasteiger partial charge is 1.00 e. The number of hydrogen-bond donors (Lipinski definition) is 2. The van der Waals surface area contributed by atoms with Crippen molar-refractivity contribution in [3.05, 3.63) is 68.4 Å². The van der Waals surface area contributed by atoms with Gasteiger partial charge in [0, 0.05) is 23.9 Å². The van der Waals surface area contributed by atoms with Crippen LogP contribution in [0.3, 0.4) is 0 Å². The van der Waals surface area contributed by atoms with Crippen LogP contribution in [0.15, 0.2) is 57.1 Å². The summed E-state index contributed by atoms with van der Waals surface area (Å²) in [6.07, 6.45) is 1.69. The molecule has 1 aromatic heterocycles. The minimum absolute atomic E-state index is 0. The number of thioether (sulfide) groups is 1. The normalized spacial score (nSPS) is 14.0. The van der Waals surface area contributed by atoms with Gasteiger partial charge < -0.3 is 22.6 Å². The molecule has 1 aliphatic rings. The summed E-state index contributed by atoms with van der Waals surface area (Å²) in [5.74, 6) is -0.694. The van der Waals surface area contributed by atoms with E-state index in [0.717, 1.165) is 4.34 Å². The third-order valence-electron chi connectivity index (χ3n) is 3.98. The maximum absolute atomic E-state index is 12.8. The van der Waals surface area contributed by atoms with E-state index in [-0.39, 0.29) is 35.5 Å². The van der Waals surface area contributed by atoms with Crippen molar-refractivity contribution in [2.75, 3.05) is 0 Å². The maximum atomic E-state index is 12.8. The molecule has 0 amide bonds. The van der Waals surface area contributed by atoms with E-state index in [0.29, 0.717) is 21.7 Å². The number of aromatic nitrogens is 1. The lowest BCUT2D eigenvalue weighted by Gasteiger charge is -1.99. The van der Waals surface area contributed by atoms with Crippen molar-refractivity contribution in [2.45, 2.75) is 4.34 Å². The molecular weight excluding hydrogens is 424 g/mol. The van der Waals surface area contributed by atoms with Crippen LogP contribution in [0.25, 0.3) is 17.3 Å². The van der Waals surface area contributed by atoms with Crippen molar-refractivity contribution in [3.63, 3.8) is 0 Å². The number of aromatic hydroxyl groups is 2. The van der Waals surface area contributed by atoms with Crippen molar-refractivity contribution < 1.29 is 36.9 Å². The Balaban J connectivity index is 0.00000225. The molecule has 0 spiro atoms. The van der Waals surface area contributed by atoms with E-state index < -0.39 is 4.92 Å². The maximum Gasteiger partial charge on any atom is 0.433 e. The lowest BCUT2D eigenvalue weighted by Crippen LogP contribution is -3.00. The molecule has 2 N–H and O–H groups in total. The summed E-state index contributed by atoms with van der Waals surface area (Å²) in [6, 6.07) is 10.4. The fourth-order valence-corrected chi connectivity index (χ4v) is 4.82. The molecule has 2 heterocycles. The fourth-order valence-electron chi connectivity index (χ4n) is 2.63. The third-order valence-corrected chi connectivity index (χ3v) is 6.11. The number of phenols is 2. The molecule has 0 unspecified atom stereocenters. The number of hydrogen-bond acceptors (Lipinski definition) is 7. The zero-order valence-corrected chi connectivity index (χ0v) is 16.3. The van der Waals surface area contributed by atoms with Crippen molar-refractivity contribution in [2.24, 2.45) is 0 Å². The van der Waals surface area contributed by atoms with E-state index in [1.807, 2.05) is 5.38 Å². The summed E-state index contributed by atoms with van der Waals surface area (Å²) in [4.78, 5) is 23.6. The number of phenolic OH excluding ortho intramolecular Hbond substituents is 2. The Hall–Kier alpha value is -2.88. The highest BCUT2D eigenvalue weighted by Crippen LogP contribution is 2.39. The number of rotatable bonds is 3. The second-order valence-corrected chi connectivity index (χ2v) is 7.84. The number of thiazole rings is 1. The Morgan fingerprint density at radius 1 is 1.07 bits per heavy atom. The number of carbonyl (C=O) groups excluding carboxylic acids is 1. The van der Waals surface area contributed by atoms with Gasteiger partial charge in [-0.15, -0.1) is 4.57 Å². The van der Waals surface area contributed by atoms with Crippen LogP contribution in [-0.2, 0) is 0 Å². The van der Waals surface area contributed by atoms with Gasteiger partial charge >= 0.3 is 10.2 Å². The van der Waals surface area contributed by atoms with Crippen LogP contribution in [0.2, 0.25) is 0 Å². The number of nitro benzene ring substituents is 1. The minimum Gasteiger partial charge on any atom is -1.00 e. The Labute approximate surface area is 173 Å². The standard InChI is InChI=1S/C18H10N2O5S2.ClH/c21-14-6-3-11(8-15(14)22)13-9-26-18-19(13)17(23)16(27-18)7-10-1-4-12(5-2-10)20(24)25;/h1-9H,(H-,21,22);1H/b16-7+;. The van der Waals surface area contributed by atoms with E-state index in [9.17, 15) is 25.1 Å². The number of carbonyl (C=O) groups is 1. The first-order valence-corrected chi connectivity index (χ1v) is 9.38. The summed E-state index contributed by atoms with van der Waals surface area (Å²) < 4.78 is 2.33. The summed E-state index contributed by atoms with van der Waals surface area (Å²) >= 11 is 2.72. The zero-order chi connectivity index (χ0) is 19.1. The van der Waals surface area contributed by atoms with Crippen molar-refractivity contribution in [1.82, 2.24) is 0 Å². The van der Waals surface area contributed by atoms with Gasteiger partial charge in [0.25, 0.3) is 5.69 Å². The molecule has 0 radical (unpaired) electrons. The highest BCUT2D eigenvalue weighted by molar-refractivity contribution is 8.05.